The Kier molecular flexibility index (Phi) is 8.29. The van der Waals surface area contributed by atoms with E-state index in [-0.39, 0.29) is 28.9 Å². The molecule has 0 bridgehead atoms. The van der Waals surface area contributed by atoms with Gasteiger partial charge < -0.3 is 24.8 Å². The molecule has 44 heavy (non-hydrogen) atoms. The third-order valence-corrected chi connectivity index (χ3v) is 6.81. The summed E-state index contributed by atoms with van der Waals surface area (Å²) in [7, 11) is 1.44. The van der Waals surface area contributed by atoms with Crippen LogP contribution in [0.3, 0.4) is 0 Å². The van der Waals surface area contributed by atoms with Crippen LogP contribution in [-0.2, 0) is 19.3 Å². The van der Waals surface area contributed by atoms with Gasteiger partial charge in [0.15, 0.2) is 5.76 Å². The van der Waals surface area contributed by atoms with E-state index < -0.39 is 23.6 Å². The van der Waals surface area contributed by atoms with Gasteiger partial charge in [-0.15, -0.1) is 0 Å². The number of aromatic nitrogens is 5. The number of anilines is 2. The van der Waals surface area contributed by atoms with Crippen LogP contribution in [-0.4, -0.2) is 49.8 Å². The second-order valence-electron chi connectivity index (χ2n) is 9.79. The van der Waals surface area contributed by atoms with Crippen LogP contribution in [0.4, 0.5) is 25.1 Å². The predicted octanol–water partition coefficient (Wildman–Crippen LogP) is 5.10. The molecule has 5 aromatic rings. The molecule has 0 atom stereocenters. The van der Waals surface area contributed by atoms with Crippen molar-refractivity contribution in [3.05, 3.63) is 71.2 Å². The second kappa shape index (κ2) is 12.1. The van der Waals surface area contributed by atoms with E-state index in [0.717, 1.165) is 6.07 Å². The van der Waals surface area contributed by atoms with Crippen LogP contribution >= 0.6 is 0 Å². The van der Waals surface area contributed by atoms with Crippen molar-refractivity contribution in [1.82, 2.24) is 24.3 Å². The number of halogens is 3. The zero-order chi connectivity index (χ0) is 31.6. The van der Waals surface area contributed by atoms with Crippen molar-refractivity contribution < 1.29 is 31.9 Å². The molecule has 0 aliphatic carbocycles. The highest BCUT2D eigenvalue weighted by Gasteiger charge is 2.34. The van der Waals surface area contributed by atoms with Crippen molar-refractivity contribution in [2.24, 2.45) is 5.73 Å². The van der Waals surface area contributed by atoms with Crippen LogP contribution in [0.25, 0.3) is 22.4 Å². The minimum Gasteiger partial charge on any atom is -0.494 e. The standard InChI is InChI=1S/C29H29F3N8O4/c1-4-40-21(12-16(2)38-40)26(42)37-27-36-20-13-17(25(33)41)14-22(43-3)24(20)39(27)11-7-10-34-28-35-15-23(44-28)18-8-5-6-9-19(18)29(30,31)32/h5-6,8-9,12-15H,4,7,10-11H2,1-3H3,(H2,33,41)(H,34,35)(H,36,37,42). The van der Waals surface area contributed by atoms with Crippen molar-refractivity contribution in [3.63, 3.8) is 0 Å². The van der Waals surface area contributed by atoms with E-state index in [1.54, 1.807) is 22.2 Å². The highest BCUT2D eigenvalue weighted by atomic mass is 19.4. The Morgan fingerprint density at radius 3 is 2.64 bits per heavy atom. The summed E-state index contributed by atoms with van der Waals surface area (Å²) in [4.78, 5) is 33.8. The fourth-order valence-electron chi connectivity index (χ4n) is 4.83. The monoisotopic (exact) mass is 610 g/mol. The van der Waals surface area contributed by atoms with Crippen LogP contribution in [0.1, 0.15) is 45.4 Å². The summed E-state index contributed by atoms with van der Waals surface area (Å²) in [5.41, 5.74) is 6.67. The molecule has 0 aliphatic rings. The first-order valence-corrected chi connectivity index (χ1v) is 13.6. The number of imidazole rings is 1. The number of aryl methyl sites for hydroxylation is 3. The molecule has 5 rings (SSSR count). The zero-order valence-corrected chi connectivity index (χ0v) is 24.0. The lowest BCUT2D eigenvalue weighted by Gasteiger charge is -2.13. The van der Waals surface area contributed by atoms with E-state index >= 15 is 0 Å². The Morgan fingerprint density at radius 1 is 1.16 bits per heavy atom. The molecule has 2 aromatic carbocycles. The Morgan fingerprint density at radius 2 is 1.93 bits per heavy atom. The fraction of sp³-hybridized carbons (Fsp3) is 0.276. The molecular formula is C29H29F3N8O4. The van der Waals surface area contributed by atoms with Gasteiger partial charge in [0.1, 0.15) is 17.0 Å². The highest BCUT2D eigenvalue weighted by Crippen LogP contribution is 2.37. The van der Waals surface area contributed by atoms with Crippen molar-refractivity contribution >= 4 is 34.8 Å². The number of rotatable bonds is 11. The molecule has 0 spiro atoms. The first-order valence-electron chi connectivity index (χ1n) is 13.6. The Labute approximate surface area is 249 Å². The van der Waals surface area contributed by atoms with E-state index in [1.165, 1.54) is 43.6 Å². The highest BCUT2D eigenvalue weighted by molar-refractivity contribution is 6.04. The number of hydrogen-bond donors (Lipinski definition) is 3. The first-order chi connectivity index (χ1) is 21.0. The number of alkyl halides is 3. The van der Waals surface area contributed by atoms with Gasteiger partial charge in [-0.25, -0.2) is 9.97 Å². The van der Waals surface area contributed by atoms with Crippen LogP contribution < -0.4 is 21.1 Å². The van der Waals surface area contributed by atoms with Crippen molar-refractivity contribution in [2.45, 2.75) is 39.5 Å². The first kappa shape index (κ1) is 30.1. The Bertz CT molecular complexity index is 1840. The summed E-state index contributed by atoms with van der Waals surface area (Å²) in [6.07, 6.45) is -2.88. The summed E-state index contributed by atoms with van der Waals surface area (Å²) in [5.74, 6) is -0.591. The normalized spacial score (nSPS) is 11.6. The molecule has 0 saturated heterocycles. The van der Waals surface area contributed by atoms with Gasteiger partial charge in [-0.05, 0) is 44.5 Å². The number of primary amides is 1. The number of ether oxygens (including phenoxy) is 1. The second-order valence-corrected chi connectivity index (χ2v) is 9.79. The molecule has 0 saturated carbocycles. The number of nitrogens with zero attached hydrogens (tertiary/aromatic N) is 5. The molecule has 12 nitrogen and oxygen atoms in total. The SMILES string of the molecule is CCn1nc(C)cc1C(=O)Nc1nc2cc(C(N)=O)cc(OC)c2n1CCCNc1ncc(-c2ccccc2C(F)(F)F)o1. The number of methoxy groups -OCH3 is 1. The predicted molar refractivity (Wildman–Crippen MR) is 155 cm³/mol. The van der Waals surface area contributed by atoms with Gasteiger partial charge in [0.25, 0.3) is 11.9 Å². The maximum atomic E-state index is 13.5. The van der Waals surface area contributed by atoms with E-state index in [9.17, 15) is 22.8 Å². The van der Waals surface area contributed by atoms with Crippen LogP contribution in [0.2, 0.25) is 0 Å². The van der Waals surface area contributed by atoms with Gasteiger partial charge in [-0.1, -0.05) is 18.2 Å². The van der Waals surface area contributed by atoms with Gasteiger partial charge >= 0.3 is 6.18 Å². The van der Waals surface area contributed by atoms with Gasteiger partial charge in [-0.2, -0.15) is 18.3 Å². The zero-order valence-electron chi connectivity index (χ0n) is 24.0. The molecule has 0 radical (unpaired) electrons. The Balaban J connectivity index is 1.38. The Hall–Kier alpha value is -5.34. The average molecular weight is 611 g/mol. The lowest BCUT2D eigenvalue weighted by atomic mass is 10.1. The number of carbonyl (C=O) groups is 2. The smallest absolute Gasteiger partial charge is 0.417 e. The number of nitrogens with one attached hydrogen (secondary N) is 2. The van der Waals surface area contributed by atoms with Gasteiger partial charge in [0, 0.05) is 30.8 Å². The number of hydrogen-bond acceptors (Lipinski definition) is 8. The summed E-state index contributed by atoms with van der Waals surface area (Å²) >= 11 is 0. The molecule has 2 amide bonds. The third-order valence-electron chi connectivity index (χ3n) is 6.81. The molecule has 4 N–H and O–H groups in total. The summed E-state index contributed by atoms with van der Waals surface area (Å²) < 4.78 is 54.8. The third kappa shape index (κ3) is 6.07. The van der Waals surface area contributed by atoms with Crippen LogP contribution in [0.5, 0.6) is 5.75 Å². The number of benzene rings is 2. The number of nitrogens with two attached hydrogens (primary N) is 1. The number of fused-ring (bicyclic) bond motifs is 1. The number of oxazole rings is 1. The molecule has 15 heteroatoms. The summed E-state index contributed by atoms with van der Waals surface area (Å²) in [5, 5.41) is 10.1. The van der Waals surface area contributed by atoms with Gasteiger partial charge in [0.05, 0.1) is 30.1 Å². The van der Waals surface area contributed by atoms with E-state index in [4.69, 9.17) is 14.9 Å². The lowest BCUT2D eigenvalue weighted by Crippen LogP contribution is -2.20. The molecular weight excluding hydrogens is 581 g/mol. The van der Waals surface area contributed by atoms with Gasteiger partial charge in [0.2, 0.25) is 11.9 Å². The maximum absolute atomic E-state index is 13.5. The average Bonchev–Trinajstić information content (AvgIpc) is 3.71. The van der Waals surface area contributed by atoms with Gasteiger partial charge in [-0.3, -0.25) is 19.6 Å². The molecule has 230 valence electrons. The van der Waals surface area contributed by atoms with E-state index in [1.807, 2.05) is 6.92 Å². The molecule has 3 heterocycles. The lowest BCUT2D eigenvalue weighted by molar-refractivity contribution is -0.137. The molecule has 0 fully saturated rings. The molecule has 0 unspecified atom stereocenters. The minimum absolute atomic E-state index is 0.0254. The van der Waals surface area contributed by atoms with Crippen molar-refractivity contribution in [1.29, 1.82) is 0 Å². The summed E-state index contributed by atoms with van der Waals surface area (Å²) in [6.45, 7) is 4.75. The molecule has 0 aliphatic heterocycles. The number of carbonyl (C=O) groups excluding carboxylic acids is 2. The summed E-state index contributed by atoms with van der Waals surface area (Å²) in [6, 6.07) is 9.82. The topological polar surface area (TPSA) is 155 Å². The largest absolute Gasteiger partial charge is 0.494 e. The van der Waals surface area contributed by atoms with E-state index in [0.29, 0.717) is 54.2 Å². The number of amides is 2. The van der Waals surface area contributed by atoms with Crippen LogP contribution in [0, 0.1) is 6.92 Å². The quantitative estimate of drug-likeness (QED) is 0.175. The maximum Gasteiger partial charge on any atom is 0.417 e. The fourth-order valence-corrected chi connectivity index (χ4v) is 4.83. The van der Waals surface area contributed by atoms with Crippen molar-refractivity contribution in [3.8, 4) is 17.1 Å². The minimum atomic E-state index is -4.55. The van der Waals surface area contributed by atoms with Crippen LogP contribution in [0.15, 0.2) is 53.1 Å². The molecule has 3 aromatic heterocycles. The van der Waals surface area contributed by atoms with E-state index in [2.05, 4.69) is 25.7 Å². The van der Waals surface area contributed by atoms with Crippen molar-refractivity contribution in [2.75, 3.05) is 24.3 Å².